The third-order valence-electron chi connectivity index (χ3n) is 2.97. The van der Waals surface area contributed by atoms with Crippen molar-refractivity contribution >= 4 is 0 Å². The van der Waals surface area contributed by atoms with Crippen molar-refractivity contribution in [3.8, 4) is 0 Å². The molecule has 0 aromatic heterocycles. The quantitative estimate of drug-likeness (QED) is 0.414. The van der Waals surface area contributed by atoms with Crippen LogP contribution < -0.4 is 0 Å². The second-order valence-corrected chi connectivity index (χ2v) is 4.33. The Kier molecular flexibility index (Phi) is 5.06. The molecule has 2 unspecified atom stereocenters. The zero-order valence-electron chi connectivity index (χ0n) is 10.7. The van der Waals surface area contributed by atoms with Gasteiger partial charge in [-0.05, 0) is 23.5 Å². The van der Waals surface area contributed by atoms with E-state index in [9.17, 15) is 0 Å². The fraction of sp³-hybridized carbons (Fsp3) is 0.500. The van der Waals surface area contributed by atoms with Crippen molar-refractivity contribution in [2.45, 2.75) is 38.8 Å². The third kappa shape index (κ3) is 3.42. The minimum atomic E-state index is -0.266. The van der Waals surface area contributed by atoms with Crippen LogP contribution in [-0.2, 0) is 0 Å². The van der Waals surface area contributed by atoms with Gasteiger partial charge in [-0.2, -0.15) is 0 Å². The predicted molar refractivity (Wildman–Crippen MR) is 71.1 cm³/mol. The van der Waals surface area contributed by atoms with Crippen LogP contribution >= 0.6 is 0 Å². The number of azide groups is 2. The van der Waals surface area contributed by atoms with Crippen molar-refractivity contribution in [3.05, 3.63) is 56.3 Å². The van der Waals surface area contributed by atoms with Crippen molar-refractivity contribution in [1.82, 2.24) is 0 Å². The Balaban J connectivity index is 3.14. The van der Waals surface area contributed by atoms with Crippen molar-refractivity contribution < 1.29 is 0 Å². The lowest BCUT2D eigenvalue weighted by Crippen LogP contribution is -2.22. The number of nitrogens with zero attached hydrogens (tertiary/aromatic N) is 6. The molecule has 0 aliphatic rings. The van der Waals surface area contributed by atoms with Gasteiger partial charge >= 0.3 is 0 Å². The zero-order chi connectivity index (χ0) is 13.5. The molecular formula is C12H16N6. The Labute approximate surface area is 106 Å². The summed E-state index contributed by atoms with van der Waals surface area (Å²) in [6, 6.07) is 7.41. The van der Waals surface area contributed by atoms with Gasteiger partial charge in [-0.25, -0.2) is 0 Å². The van der Waals surface area contributed by atoms with Gasteiger partial charge in [0.2, 0.25) is 0 Å². The van der Waals surface area contributed by atoms with Crippen LogP contribution in [0.25, 0.3) is 20.9 Å². The third-order valence-corrected chi connectivity index (χ3v) is 2.97. The number of hydrogen-bond donors (Lipinski definition) is 0. The molecule has 0 fully saturated rings. The maximum absolute atomic E-state index is 8.54. The molecule has 0 radical (unpaired) electrons. The van der Waals surface area contributed by atoms with E-state index in [-0.39, 0.29) is 18.0 Å². The van der Waals surface area contributed by atoms with Gasteiger partial charge in [0.05, 0.1) is 0 Å². The van der Waals surface area contributed by atoms with Crippen LogP contribution in [0.1, 0.15) is 30.9 Å². The van der Waals surface area contributed by atoms with Crippen molar-refractivity contribution in [3.63, 3.8) is 0 Å². The number of rotatable bonds is 5. The summed E-state index contributed by atoms with van der Waals surface area (Å²) >= 11 is 0. The summed E-state index contributed by atoms with van der Waals surface area (Å²) in [6.07, 6.45) is 0. The van der Waals surface area contributed by atoms with Crippen LogP contribution in [-0.4, -0.2) is 12.1 Å². The van der Waals surface area contributed by atoms with Crippen LogP contribution in [0.3, 0.4) is 0 Å². The second-order valence-electron chi connectivity index (χ2n) is 4.33. The Bertz CT molecular complexity index is 458. The minimum absolute atomic E-state index is 0.114. The SMILES string of the molecule is Cc1ccc(C(C(C)N=[N+]=[N-])C(C)N=[N+]=[N-])cc1. The zero-order valence-corrected chi connectivity index (χ0v) is 10.7. The monoisotopic (exact) mass is 244 g/mol. The summed E-state index contributed by atoms with van der Waals surface area (Å²) < 4.78 is 0. The smallest absolute Gasteiger partial charge is 0.0418 e. The summed E-state index contributed by atoms with van der Waals surface area (Å²) in [7, 11) is 0. The molecular weight excluding hydrogens is 228 g/mol. The molecule has 1 aromatic carbocycles. The molecule has 94 valence electrons. The molecule has 2 atom stereocenters. The lowest BCUT2D eigenvalue weighted by atomic mass is 9.87. The highest BCUT2D eigenvalue weighted by Crippen LogP contribution is 2.28. The van der Waals surface area contributed by atoms with Gasteiger partial charge in [0, 0.05) is 27.8 Å². The molecule has 1 aromatic rings. The molecule has 0 spiro atoms. The van der Waals surface area contributed by atoms with Crippen molar-refractivity contribution in [2.75, 3.05) is 0 Å². The van der Waals surface area contributed by atoms with E-state index in [1.807, 2.05) is 45.0 Å². The average molecular weight is 244 g/mol. The Morgan fingerprint density at radius 1 is 0.944 bits per heavy atom. The molecule has 0 bridgehead atoms. The molecule has 6 heteroatoms. The highest BCUT2D eigenvalue weighted by molar-refractivity contribution is 5.27. The second kappa shape index (κ2) is 6.55. The van der Waals surface area contributed by atoms with Gasteiger partial charge < -0.3 is 0 Å². The van der Waals surface area contributed by atoms with E-state index in [1.54, 1.807) is 0 Å². The van der Waals surface area contributed by atoms with Gasteiger partial charge in [0.1, 0.15) is 0 Å². The van der Waals surface area contributed by atoms with Gasteiger partial charge in [-0.15, -0.1) is 0 Å². The first-order valence-corrected chi connectivity index (χ1v) is 5.75. The molecule has 0 saturated carbocycles. The van der Waals surface area contributed by atoms with E-state index in [0.29, 0.717) is 0 Å². The fourth-order valence-electron chi connectivity index (χ4n) is 2.06. The Hall–Kier alpha value is -2.16. The van der Waals surface area contributed by atoms with E-state index >= 15 is 0 Å². The average Bonchev–Trinajstić information content (AvgIpc) is 2.33. The minimum Gasteiger partial charge on any atom is -0.0903 e. The lowest BCUT2D eigenvalue weighted by Gasteiger charge is -2.24. The van der Waals surface area contributed by atoms with Crippen LogP contribution in [0, 0.1) is 6.92 Å². The molecule has 0 amide bonds. The van der Waals surface area contributed by atoms with E-state index in [4.69, 9.17) is 11.1 Å². The van der Waals surface area contributed by atoms with Crippen LogP contribution in [0.5, 0.6) is 0 Å². The normalized spacial score (nSPS) is 14.8. The summed E-state index contributed by atoms with van der Waals surface area (Å²) in [4.78, 5) is 5.66. The number of benzene rings is 1. The molecule has 0 aliphatic carbocycles. The molecule has 0 N–H and O–H groups in total. The number of aryl methyl sites for hydroxylation is 1. The molecule has 18 heavy (non-hydrogen) atoms. The fourth-order valence-corrected chi connectivity index (χ4v) is 2.06. The van der Waals surface area contributed by atoms with Crippen LogP contribution in [0.4, 0.5) is 0 Å². The largest absolute Gasteiger partial charge is 0.0903 e. The van der Waals surface area contributed by atoms with Crippen LogP contribution in [0.15, 0.2) is 34.5 Å². The first-order chi connectivity index (χ1) is 8.60. The molecule has 1 rings (SSSR count). The maximum Gasteiger partial charge on any atom is 0.0418 e. The molecule has 6 nitrogen and oxygen atoms in total. The van der Waals surface area contributed by atoms with E-state index < -0.39 is 0 Å². The maximum atomic E-state index is 8.54. The molecule has 0 aliphatic heterocycles. The van der Waals surface area contributed by atoms with Gasteiger partial charge in [0.25, 0.3) is 0 Å². The summed E-state index contributed by atoms with van der Waals surface area (Å²) in [5.74, 6) is -0.114. The van der Waals surface area contributed by atoms with Crippen LogP contribution in [0.2, 0.25) is 0 Å². The highest BCUT2D eigenvalue weighted by Gasteiger charge is 2.23. The summed E-state index contributed by atoms with van der Waals surface area (Å²) in [5.41, 5.74) is 19.3. The summed E-state index contributed by atoms with van der Waals surface area (Å²) in [5, 5.41) is 7.45. The van der Waals surface area contributed by atoms with Gasteiger partial charge in [0.15, 0.2) is 0 Å². The predicted octanol–water partition coefficient (Wildman–Crippen LogP) is 4.48. The first kappa shape index (κ1) is 13.9. The highest BCUT2D eigenvalue weighted by atomic mass is 15.2. The topological polar surface area (TPSA) is 97.5 Å². The van der Waals surface area contributed by atoms with Gasteiger partial charge in [-0.3, -0.25) is 0 Å². The molecule has 0 heterocycles. The first-order valence-electron chi connectivity index (χ1n) is 5.75. The lowest BCUT2D eigenvalue weighted by molar-refractivity contribution is 0.488. The van der Waals surface area contributed by atoms with E-state index in [2.05, 4.69) is 20.1 Å². The van der Waals surface area contributed by atoms with Crippen molar-refractivity contribution in [2.24, 2.45) is 10.2 Å². The molecule has 0 saturated heterocycles. The Morgan fingerprint density at radius 3 is 1.78 bits per heavy atom. The Morgan fingerprint density at radius 2 is 1.39 bits per heavy atom. The van der Waals surface area contributed by atoms with E-state index in [0.717, 1.165) is 11.1 Å². The standard InChI is InChI=1S/C12H16N6/c1-8-4-6-11(7-5-8)12(9(2)15-17-13)10(3)16-18-14/h4-7,9-10,12H,1-3H3. The number of hydrogen-bond acceptors (Lipinski definition) is 2. The van der Waals surface area contributed by atoms with Crippen molar-refractivity contribution in [1.29, 1.82) is 0 Å². The van der Waals surface area contributed by atoms with E-state index in [1.165, 1.54) is 0 Å². The summed E-state index contributed by atoms with van der Waals surface area (Å²) in [6.45, 7) is 5.66. The van der Waals surface area contributed by atoms with Gasteiger partial charge in [-0.1, -0.05) is 53.9 Å².